The van der Waals surface area contributed by atoms with Gasteiger partial charge in [-0.05, 0) is 61.6 Å². The van der Waals surface area contributed by atoms with Crippen molar-refractivity contribution in [1.82, 2.24) is 0 Å². The van der Waals surface area contributed by atoms with Crippen LogP contribution in [0.25, 0.3) is 0 Å². The molecule has 0 aliphatic carbocycles. The molecule has 0 bridgehead atoms. The van der Waals surface area contributed by atoms with Gasteiger partial charge in [0.2, 0.25) is 11.8 Å². The predicted molar refractivity (Wildman–Crippen MR) is 113 cm³/mol. The van der Waals surface area contributed by atoms with E-state index in [2.05, 4.69) is 17.1 Å². The van der Waals surface area contributed by atoms with Gasteiger partial charge < -0.3 is 15.1 Å². The summed E-state index contributed by atoms with van der Waals surface area (Å²) in [7, 11) is 0. The number of amides is 2. The summed E-state index contributed by atoms with van der Waals surface area (Å²) >= 11 is 0. The van der Waals surface area contributed by atoms with E-state index in [4.69, 9.17) is 0 Å². The summed E-state index contributed by atoms with van der Waals surface area (Å²) in [6, 6.07) is 10.6. The van der Waals surface area contributed by atoms with Crippen molar-refractivity contribution in [2.45, 2.75) is 26.2 Å². The van der Waals surface area contributed by atoms with E-state index in [-0.39, 0.29) is 12.2 Å². The number of carbonyl (C=O) groups is 2. The van der Waals surface area contributed by atoms with Crippen LogP contribution in [0.3, 0.4) is 0 Å². The van der Waals surface area contributed by atoms with Gasteiger partial charge >= 0.3 is 0 Å². The summed E-state index contributed by atoms with van der Waals surface area (Å²) in [6.45, 7) is 4.57. The Balaban J connectivity index is 1.38. The van der Waals surface area contributed by atoms with Gasteiger partial charge in [-0.25, -0.2) is 8.78 Å². The van der Waals surface area contributed by atoms with Crippen LogP contribution in [0, 0.1) is 23.5 Å². The van der Waals surface area contributed by atoms with Crippen molar-refractivity contribution in [3.05, 3.63) is 54.1 Å². The fraction of sp³-hybridized carbons (Fsp3) is 0.391. The molecule has 158 valence electrons. The Bertz CT molecular complexity index is 920. The van der Waals surface area contributed by atoms with E-state index >= 15 is 0 Å². The highest BCUT2D eigenvalue weighted by molar-refractivity contribution is 6.13. The first kappa shape index (κ1) is 20.3. The van der Waals surface area contributed by atoms with Gasteiger partial charge in [0, 0.05) is 42.8 Å². The normalized spacial score (nSPS) is 20.0. The lowest BCUT2D eigenvalue weighted by atomic mass is 9.99. The van der Waals surface area contributed by atoms with E-state index in [1.54, 1.807) is 0 Å². The minimum absolute atomic E-state index is 0.132. The molecule has 1 unspecified atom stereocenters. The van der Waals surface area contributed by atoms with Crippen LogP contribution < -0.4 is 15.1 Å². The lowest BCUT2D eigenvalue weighted by molar-refractivity contribution is -0.129. The van der Waals surface area contributed by atoms with Gasteiger partial charge in [-0.2, -0.15) is 0 Å². The molecule has 2 fully saturated rings. The van der Waals surface area contributed by atoms with E-state index in [1.807, 2.05) is 24.3 Å². The zero-order valence-electron chi connectivity index (χ0n) is 16.9. The van der Waals surface area contributed by atoms with Crippen molar-refractivity contribution in [2.24, 2.45) is 11.8 Å². The molecular weight excluding hydrogens is 388 g/mol. The van der Waals surface area contributed by atoms with Crippen molar-refractivity contribution >= 4 is 28.9 Å². The van der Waals surface area contributed by atoms with Crippen LogP contribution in [0.5, 0.6) is 0 Å². The van der Waals surface area contributed by atoms with Crippen LogP contribution in [0.4, 0.5) is 25.8 Å². The number of nitrogens with one attached hydrogen (secondary N) is 1. The third-order valence-electron chi connectivity index (χ3n) is 5.96. The third-order valence-corrected chi connectivity index (χ3v) is 5.96. The number of hydrogen-bond donors (Lipinski definition) is 1. The Morgan fingerprint density at radius 2 is 1.57 bits per heavy atom. The molecule has 2 heterocycles. The highest BCUT2D eigenvalue weighted by atomic mass is 19.1. The molecule has 0 spiro atoms. The van der Waals surface area contributed by atoms with Gasteiger partial charge in [0.05, 0.1) is 0 Å². The zero-order chi connectivity index (χ0) is 21.3. The molecule has 30 heavy (non-hydrogen) atoms. The van der Waals surface area contributed by atoms with Gasteiger partial charge in [0.1, 0.15) is 17.6 Å². The SMILES string of the molecule is CC1CCN(c2ccc(NC(=O)C3CCN(c4cc(F)cc(F)c4)C3=O)cc2)CC1. The maximum Gasteiger partial charge on any atom is 0.239 e. The molecule has 2 aliphatic heterocycles. The monoisotopic (exact) mass is 413 g/mol. The smallest absolute Gasteiger partial charge is 0.239 e. The molecular formula is C23H25F2N3O2. The Hall–Kier alpha value is -2.96. The van der Waals surface area contributed by atoms with Crippen LogP contribution in [-0.2, 0) is 9.59 Å². The van der Waals surface area contributed by atoms with Gasteiger partial charge in [-0.1, -0.05) is 6.92 Å². The fourth-order valence-corrected chi connectivity index (χ4v) is 4.13. The molecule has 2 aliphatic rings. The van der Waals surface area contributed by atoms with Crippen LogP contribution >= 0.6 is 0 Å². The Morgan fingerprint density at radius 3 is 2.20 bits per heavy atom. The summed E-state index contributed by atoms with van der Waals surface area (Å²) in [5.41, 5.74) is 1.88. The topological polar surface area (TPSA) is 52.7 Å². The standard InChI is InChI=1S/C23H25F2N3O2/c1-15-6-9-27(10-7-15)19-4-2-18(3-5-19)26-22(29)21-8-11-28(23(21)30)20-13-16(24)12-17(25)14-20/h2-5,12-15,21H,6-11H2,1H3,(H,26,29). The molecule has 4 rings (SSSR count). The first-order valence-electron chi connectivity index (χ1n) is 10.3. The van der Waals surface area contributed by atoms with Crippen molar-refractivity contribution in [2.75, 3.05) is 34.8 Å². The van der Waals surface area contributed by atoms with Crippen molar-refractivity contribution in [1.29, 1.82) is 0 Å². The Labute approximate surface area is 174 Å². The van der Waals surface area contributed by atoms with Crippen LogP contribution in [-0.4, -0.2) is 31.4 Å². The number of piperidine rings is 1. The van der Waals surface area contributed by atoms with Gasteiger partial charge in [-0.3, -0.25) is 9.59 Å². The summed E-state index contributed by atoms with van der Waals surface area (Å²) in [4.78, 5) is 28.9. The maximum absolute atomic E-state index is 13.5. The molecule has 1 atom stereocenters. The molecule has 7 heteroatoms. The first-order valence-corrected chi connectivity index (χ1v) is 10.3. The van der Waals surface area contributed by atoms with E-state index in [1.165, 1.54) is 17.7 Å². The minimum Gasteiger partial charge on any atom is -0.372 e. The number of carbonyl (C=O) groups excluding carboxylic acids is 2. The molecule has 1 N–H and O–H groups in total. The number of hydrogen-bond acceptors (Lipinski definition) is 3. The van der Waals surface area contributed by atoms with Crippen molar-refractivity contribution in [3.63, 3.8) is 0 Å². The summed E-state index contributed by atoms with van der Waals surface area (Å²) < 4.78 is 27.0. The summed E-state index contributed by atoms with van der Waals surface area (Å²) in [5.74, 6) is -2.48. The molecule has 0 saturated carbocycles. The molecule has 2 amide bonds. The highest BCUT2D eigenvalue weighted by Gasteiger charge is 2.38. The Morgan fingerprint density at radius 1 is 0.933 bits per heavy atom. The average Bonchev–Trinajstić information content (AvgIpc) is 3.10. The zero-order valence-corrected chi connectivity index (χ0v) is 16.9. The lowest BCUT2D eigenvalue weighted by Gasteiger charge is -2.32. The van der Waals surface area contributed by atoms with E-state index in [0.717, 1.165) is 42.9 Å². The summed E-state index contributed by atoms with van der Waals surface area (Å²) in [5, 5.41) is 2.79. The van der Waals surface area contributed by atoms with Crippen LogP contribution in [0.15, 0.2) is 42.5 Å². The van der Waals surface area contributed by atoms with Gasteiger partial charge in [0.15, 0.2) is 0 Å². The minimum atomic E-state index is -0.875. The maximum atomic E-state index is 13.5. The molecule has 0 radical (unpaired) electrons. The van der Waals surface area contributed by atoms with E-state index in [0.29, 0.717) is 12.1 Å². The number of halogens is 2. The molecule has 5 nitrogen and oxygen atoms in total. The molecule has 0 aromatic heterocycles. The second kappa shape index (κ2) is 8.42. The third kappa shape index (κ3) is 4.30. The second-order valence-electron chi connectivity index (χ2n) is 8.16. The quantitative estimate of drug-likeness (QED) is 0.765. The lowest BCUT2D eigenvalue weighted by Crippen LogP contribution is -2.33. The number of anilines is 3. The van der Waals surface area contributed by atoms with Crippen molar-refractivity contribution < 1.29 is 18.4 Å². The molecule has 2 saturated heterocycles. The van der Waals surface area contributed by atoms with Crippen LogP contribution in [0.1, 0.15) is 26.2 Å². The number of benzene rings is 2. The van der Waals surface area contributed by atoms with E-state index in [9.17, 15) is 18.4 Å². The van der Waals surface area contributed by atoms with Crippen LogP contribution in [0.2, 0.25) is 0 Å². The molecule has 2 aromatic rings. The van der Waals surface area contributed by atoms with E-state index < -0.39 is 29.4 Å². The predicted octanol–water partition coefficient (Wildman–Crippen LogP) is 4.19. The van der Waals surface area contributed by atoms with Gasteiger partial charge in [0.25, 0.3) is 0 Å². The highest BCUT2D eigenvalue weighted by Crippen LogP contribution is 2.28. The largest absolute Gasteiger partial charge is 0.372 e. The fourth-order valence-electron chi connectivity index (χ4n) is 4.13. The Kier molecular flexibility index (Phi) is 5.70. The first-order chi connectivity index (χ1) is 14.4. The average molecular weight is 413 g/mol. The number of rotatable bonds is 4. The van der Waals surface area contributed by atoms with Gasteiger partial charge in [-0.15, -0.1) is 0 Å². The molecule has 2 aromatic carbocycles. The number of nitrogens with zero attached hydrogens (tertiary/aromatic N) is 2. The second-order valence-corrected chi connectivity index (χ2v) is 8.16. The summed E-state index contributed by atoms with van der Waals surface area (Å²) in [6.07, 6.45) is 2.65. The van der Waals surface area contributed by atoms with Crippen molar-refractivity contribution in [3.8, 4) is 0 Å².